The quantitative estimate of drug-likeness (QED) is 0.650. The molecule has 0 fully saturated rings. The first-order chi connectivity index (χ1) is 10.1. The lowest BCUT2D eigenvalue weighted by molar-refractivity contribution is -0.385. The smallest absolute Gasteiger partial charge is 0.287 e. The third kappa shape index (κ3) is 3.02. The van der Waals surface area contributed by atoms with Crippen LogP contribution >= 0.6 is 15.9 Å². The maximum absolute atomic E-state index is 10.9. The summed E-state index contributed by atoms with van der Waals surface area (Å²) in [6, 6.07) is 4.47. The number of halogens is 1. The number of methoxy groups -OCH3 is 1. The van der Waals surface area contributed by atoms with Gasteiger partial charge in [-0.25, -0.2) is 4.98 Å². The van der Waals surface area contributed by atoms with Crippen molar-refractivity contribution >= 4 is 27.4 Å². The molecule has 0 aliphatic rings. The summed E-state index contributed by atoms with van der Waals surface area (Å²) in [5.41, 5.74) is -0.102. The van der Waals surface area contributed by atoms with Gasteiger partial charge in [0.25, 0.3) is 11.6 Å². The zero-order chi connectivity index (χ0) is 15.4. The number of nitro groups is 1. The third-order valence-corrected chi connectivity index (χ3v) is 3.36. The summed E-state index contributed by atoms with van der Waals surface area (Å²) in [6.45, 7) is 0. The van der Waals surface area contributed by atoms with E-state index in [9.17, 15) is 10.1 Å². The Kier molecular flexibility index (Phi) is 4.53. The SMILES string of the molecule is CNc1ncnc(Oc2cccc([N+](=O)[O-])c2Br)c1OC. The molecule has 110 valence electrons. The van der Waals surface area contributed by atoms with Gasteiger partial charge in [-0.2, -0.15) is 4.98 Å². The van der Waals surface area contributed by atoms with E-state index in [2.05, 4.69) is 31.2 Å². The molecule has 0 amide bonds. The van der Waals surface area contributed by atoms with E-state index < -0.39 is 4.92 Å². The average Bonchev–Trinajstić information content (AvgIpc) is 2.48. The van der Waals surface area contributed by atoms with E-state index in [1.807, 2.05) is 0 Å². The maximum Gasteiger partial charge on any atom is 0.287 e. The molecule has 1 aromatic heterocycles. The van der Waals surface area contributed by atoms with E-state index in [0.29, 0.717) is 11.6 Å². The highest BCUT2D eigenvalue weighted by Gasteiger charge is 2.19. The van der Waals surface area contributed by atoms with Crippen molar-refractivity contribution in [1.29, 1.82) is 0 Å². The van der Waals surface area contributed by atoms with Crippen molar-refractivity contribution < 1.29 is 14.4 Å². The number of ether oxygens (including phenoxy) is 2. The van der Waals surface area contributed by atoms with Crippen LogP contribution in [0.25, 0.3) is 0 Å². The molecule has 9 heteroatoms. The van der Waals surface area contributed by atoms with Crippen molar-refractivity contribution in [1.82, 2.24) is 9.97 Å². The van der Waals surface area contributed by atoms with Crippen LogP contribution in [0, 0.1) is 10.1 Å². The standard InChI is InChI=1S/C12H11BrN4O4/c1-14-11-10(20-2)12(16-6-15-11)21-8-5-3-4-7(9(8)13)17(18)19/h3-6H,1-2H3,(H,14,15,16). The van der Waals surface area contributed by atoms with Crippen LogP contribution in [0.2, 0.25) is 0 Å². The number of hydrogen-bond donors (Lipinski definition) is 1. The van der Waals surface area contributed by atoms with Crippen molar-refractivity contribution in [2.24, 2.45) is 0 Å². The molecule has 1 heterocycles. The molecule has 8 nitrogen and oxygen atoms in total. The van der Waals surface area contributed by atoms with Crippen LogP contribution in [0.3, 0.4) is 0 Å². The van der Waals surface area contributed by atoms with Gasteiger partial charge in [-0.15, -0.1) is 0 Å². The summed E-state index contributed by atoms with van der Waals surface area (Å²) in [6.07, 6.45) is 1.30. The zero-order valence-corrected chi connectivity index (χ0v) is 12.7. The Hall–Kier alpha value is -2.42. The lowest BCUT2D eigenvalue weighted by atomic mass is 10.3. The van der Waals surface area contributed by atoms with Crippen LogP contribution in [-0.2, 0) is 0 Å². The largest absolute Gasteiger partial charge is 0.489 e. The number of hydrogen-bond acceptors (Lipinski definition) is 7. The van der Waals surface area contributed by atoms with Gasteiger partial charge in [0.05, 0.1) is 12.0 Å². The Morgan fingerprint density at radius 1 is 1.38 bits per heavy atom. The van der Waals surface area contributed by atoms with Crippen molar-refractivity contribution in [3.05, 3.63) is 39.1 Å². The Morgan fingerprint density at radius 2 is 2.14 bits per heavy atom. The minimum Gasteiger partial charge on any atom is -0.489 e. The molecule has 0 atom stereocenters. The van der Waals surface area contributed by atoms with E-state index in [-0.39, 0.29) is 21.8 Å². The molecule has 0 saturated heterocycles. The van der Waals surface area contributed by atoms with Gasteiger partial charge in [0, 0.05) is 13.1 Å². The first-order valence-electron chi connectivity index (χ1n) is 5.76. The highest BCUT2D eigenvalue weighted by atomic mass is 79.9. The summed E-state index contributed by atoms with van der Waals surface area (Å²) >= 11 is 3.15. The number of nitrogens with one attached hydrogen (secondary N) is 1. The first-order valence-corrected chi connectivity index (χ1v) is 6.55. The van der Waals surface area contributed by atoms with Crippen LogP contribution in [0.5, 0.6) is 17.4 Å². The van der Waals surface area contributed by atoms with E-state index >= 15 is 0 Å². The van der Waals surface area contributed by atoms with Gasteiger partial charge >= 0.3 is 0 Å². The predicted octanol–water partition coefficient (Wildman–Crippen LogP) is 2.99. The van der Waals surface area contributed by atoms with Gasteiger partial charge in [-0.3, -0.25) is 10.1 Å². The second-order valence-electron chi connectivity index (χ2n) is 3.76. The molecule has 1 aromatic carbocycles. The second kappa shape index (κ2) is 6.35. The minimum atomic E-state index is -0.507. The molecule has 0 aliphatic carbocycles. The fraction of sp³-hybridized carbons (Fsp3) is 0.167. The predicted molar refractivity (Wildman–Crippen MR) is 79.0 cm³/mol. The van der Waals surface area contributed by atoms with Crippen molar-refractivity contribution in [3.8, 4) is 17.4 Å². The van der Waals surface area contributed by atoms with Crippen LogP contribution < -0.4 is 14.8 Å². The van der Waals surface area contributed by atoms with Gasteiger partial charge in [0.2, 0.25) is 5.75 Å². The van der Waals surface area contributed by atoms with Crippen molar-refractivity contribution in [3.63, 3.8) is 0 Å². The third-order valence-electron chi connectivity index (χ3n) is 2.56. The highest BCUT2D eigenvalue weighted by Crippen LogP contribution is 2.39. The fourth-order valence-electron chi connectivity index (χ4n) is 1.62. The Morgan fingerprint density at radius 3 is 2.76 bits per heavy atom. The summed E-state index contributed by atoms with van der Waals surface area (Å²) in [5, 5.41) is 13.8. The topological polar surface area (TPSA) is 99.4 Å². The number of anilines is 1. The van der Waals surface area contributed by atoms with Gasteiger partial charge in [0.1, 0.15) is 10.8 Å². The molecular weight excluding hydrogens is 344 g/mol. The molecule has 0 saturated carbocycles. The Bertz CT molecular complexity index is 680. The first kappa shape index (κ1) is 15.0. The summed E-state index contributed by atoms with van der Waals surface area (Å²) in [5.74, 6) is 1.16. The molecule has 2 rings (SSSR count). The van der Waals surface area contributed by atoms with Crippen LogP contribution in [0.15, 0.2) is 29.0 Å². The van der Waals surface area contributed by atoms with Crippen molar-refractivity contribution in [2.75, 3.05) is 19.5 Å². The molecule has 2 aromatic rings. The summed E-state index contributed by atoms with van der Waals surface area (Å²) in [7, 11) is 3.13. The number of benzene rings is 1. The molecule has 0 bridgehead atoms. The van der Waals surface area contributed by atoms with E-state index in [1.54, 1.807) is 13.1 Å². The number of nitrogens with zero attached hydrogens (tertiary/aromatic N) is 3. The van der Waals surface area contributed by atoms with Gasteiger partial charge in [-0.05, 0) is 22.0 Å². The Labute approximate surface area is 128 Å². The number of rotatable bonds is 5. The molecule has 21 heavy (non-hydrogen) atoms. The minimum absolute atomic E-state index is 0.102. The Balaban J connectivity index is 2.44. The van der Waals surface area contributed by atoms with Crippen molar-refractivity contribution in [2.45, 2.75) is 0 Å². The molecule has 0 radical (unpaired) electrons. The molecule has 1 N–H and O–H groups in total. The zero-order valence-electron chi connectivity index (χ0n) is 11.2. The molecule has 0 spiro atoms. The summed E-state index contributed by atoms with van der Waals surface area (Å²) < 4.78 is 11.0. The van der Waals surface area contributed by atoms with E-state index in [0.717, 1.165) is 0 Å². The van der Waals surface area contributed by atoms with Gasteiger partial charge in [-0.1, -0.05) is 6.07 Å². The lowest BCUT2D eigenvalue weighted by Gasteiger charge is -2.12. The number of aromatic nitrogens is 2. The van der Waals surface area contributed by atoms with Crippen LogP contribution in [0.4, 0.5) is 11.5 Å². The average molecular weight is 355 g/mol. The van der Waals surface area contributed by atoms with Gasteiger partial charge in [0.15, 0.2) is 11.6 Å². The van der Waals surface area contributed by atoms with Crippen LogP contribution in [0.1, 0.15) is 0 Å². The van der Waals surface area contributed by atoms with E-state index in [4.69, 9.17) is 9.47 Å². The molecule has 0 aliphatic heterocycles. The second-order valence-corrected chi connectivity index (χ2v) is 4.55. The maximum atomic E-state index is 10.9. The molecular formula is C12H11BrN4O4. The van der Waals surface area contributed by atoms with Crippen LogP contribution in [-0.4, -0.2) is 29.0 Å². The number of nitro benzene ring substituents is 1. The van der Waals surface area contributed by atoms with Gasteiger partial charge < -0.3 is 14.8 Å². The normalized spacial score (nSPS) is 10.0. The fourth-order valence-corrected chi connectivity index (χ4v) is 2.11. The highest BCUT2D eigenvalue weighted by molar-refractivity contribution is 9.10. The molecule has 0 unspecified atom stereocenters. The summed E-state index contributed by atoms with van der Waals surface area (Å²) in [4.78, 5) is 18.4. The lowest BCUT2D eigenvalue weighted by Crippen LogP contribution is -2.01. The monoisotopic (exact) mass is 354 g/mol. The van der Waals surface area contributed by atoms with E-state index in [1.165, 1.54) is 25.6 Å².